The van der Waals surface area contributed by atoms with E-state index in [1.807, 2.05) is 23.1 Å². The molecule has 0 amide bonds. The van der Waals surface area contributed by atoms with Crippen LogP contribution in [-0.4, -0.2) is 32.8 Å². The molecule has 4 aromatic rings. The van der Waals surface area contributed by atoms with Gasteiger partial charge in [-0.2, -0.15) is 23.0 Å². The summed E-state index contributed by atoms with van der Waals surface area (Å²) in [5.74, 6) is 0.304. The van der Waals surface area contributed by atoms with E-state index in [9.17, 15) is 18.0 Å². The van der Waals surface area contributed by atoms with Gasteiger partial charge in [-0.05, 0) is 37.1 Å². The molecular formula is C22H17ClF3N5OS. The molecule has 33 heavy (non-hydrogen) atoms. The zero-order valence-electron chi connectivity index (χ0n) is 17.1. The third-order valence-corrected chi connectivity index (χ3v) is 7.24. The van der Waals surface area contributed by atoms with E-state index in [-0.39, 0.29) is 10.8 Å². The molecule has 5 rings (SSSR count). The van der Waals surface area contributed by atoms with Crippen molar-refractivity contribution in [2.75, 3.05) is 18.0 Å². The van der Waals surface area contributed by atoms with E-state index >= 15 is 0 Å². The molecule has 0 saturated carbocycles. The van der Waals surface area contributed by atoms with Crippen LogP contribution < -0.4 is 10.5 Å². The Morgan fingerprint density at radius 3 is 2.48 bits per heavy atom. The molecule has 1 aliphatic heterocycles. The maximum Gasteiger partial charge on any atom is 0.417 e. The number of fused-ring (bicyclic) bond motifs is 1. The minimum Gasteiger partial charge on any atom is -0.369 e. The van der Waals surface area contributed by atoms with Crippen LogP contribution in [0.15, 0.2) is 53.6 Å². The number of rotatable bonds is 3. The average molecular weight is 492 g/mol. The number of hydrogen-bond acceptors (Lipinski definition) is 6. The number of nitrogens with zero attached hydrogens (tertiary/aromatic N) is 5. The van der Waals surface area contributed by atoms with Crippen molar-refractivity contribution in [1.82, 2.24) is 19.7 Å². The normalized spacial score (nSPS) is 15.3. The van der Waals surface area contributed by atoms with Crippen molar-refractivity contribution >= 4 is 38.8 Å². The molecule has 1 fully saturated rings. The van der Waals surface area contributed by atoms with Gasteiger partial charge in [0.1, 0.15) is 5.02 Å². The van der Waals surface area contributed by atoms with E-state index in [1.54, 1.807) is 11.3 Å². The van der Waals surface area contributed by atoms with Gasteiger partial charge in [-0.25, -0.2) is 9.97 Å². The monoisotopic (exact) mass is 491 g/mol. The first-order chi connectivity index (χ1) is 15.8. The second kappa shape index (κ2) is 8.42. The number of benzene rings is 1. The molecule has 1 aliphatic rings. The molecule has 6 nitrogen and oxygen atoms in total. The smallest absolute Gasteiger partial charge is 0.369 e. The van der Waals surface area contributed by atoms with Crippen LogP contribution in [0.1, 0.15) is 29.3 Å². The van der Waals surface area contributed by atoms with E-state index in [1.165, 1.54) is 10.9 Å². The highest BCUT2D eigenvalue weighted by molar-refractivity contribution is 7.18. The lowest BCUT2D eigenvalue weighted by Gasteiger charge is -2.33. The van der Waals surface area contributed by atoms with Crippen LogP contribution in [0.4, 0.5) is 18.9 Å². The summed E-state index contributed by atoms with van der Waals surface area (Å²) in [5, 5.41) is 5.18. The van der Waals surface area contributed by atoms with Gasteiger partial charge < -0.3 is 4.90 Å². The van der Waals surface area contributed by atoms with E-state index in [2.05, 4.69) is 16.1 Å². The summed E-state index contributed by atoms with van der Waals surface area (Å²) in [7, 11) is 0. The molecule has 1 aromatic carbocycles. The summed E-state index contributed by atoms with van der Waals surface area (Å²) in [6.45, 7) is 1.37. The van der Waals surface area contributed by atoms with E-state index in [0.717, 1.165) is 40.2 Å². The summed E-state index contributed by atoms with van der Waals surface area (Å²) in [5.41, 5.74) is -0.0204. The van der Waals surface area contributed by atoms with Crippen LogP contribution >= 0.6 is 22.9 Å². The lowest BCUT2D eigenvalue weighted by atomic mass is 9.97. The number of anilines is 1. The fraction of sp³-hybridized carbons (Fsp3) is 0.273. The van der Waals surface area contributed by atoms with Crippen LogP contribution in [0.2, 0.25) is 5.02 Å². The minimum atomic E-state index is -4.51. The summed E-state index contributed by atoms with van der Waals surface area (Å²) in [6, 6.07) is 10.0. The van der Waals surface area contributed by atoms with Gasteiger partial charge in [-0.1, -0.05) is 23.7 Å². The maximum atomic E-state index is 12.8. The van der Waals surface area contributed by atoms with Gasteiger partial charge in [0.2, 0.25) is 0 Å². The lowest BCUT2D eigenvalue weighted by Crippen LogP contribution is -2.35. The Labute approximate surface area is 195 Å². The topological polar surface area (TPSA) is 63.9 Å². The van der Waals surface area contributed by atoms with Gasteiger partial charge in [0.05, 0.1) is 32.7 Å². The fourth-order valence-electron chi connectivity index (χ4n) is 3.92. The molecule has 0 aliphatic carbocycles. The van der Waals surface area contributed by atoms with Crippen molar-refractivity contribution in [1.29, 1.82) is 0 Å². The molecule has 0 bridgehead atoms. The van der Waals surface area contributed by atoms with E-state index in [0.29, 0.717) is 30.9 Å². The van der Waals surface area contributed by atoms with Crippen molar-refractivity contribution in [2.45, 2.75) is 24.9 Å². The number of hydrogen-bond donors (Lipinski definition) is 0. The van der Waals surface area contributed by atoms with Gasteiger partial charge in [-0.3, -0.25) is 4.79 Å². The highest BCUT2D eigenvalue weighted by Crippen LogP contribution is 2.36. The van der Waals surface area contributed by atoms with Crippen molar-refractivity contribution in [3.63, 3.8) is 0 Å². The average Bonchev–Trinajstić information content (AvgIpc) is 3.25. The third kappa shape index (κ3) is 4.20. The summed E-state index contributed by atoms with van der Waals surface area (Å²) in [4.78, 5) is 23.3. The summed E-state index contributed by atoms with van der Waals surface area (Å²) < 4.78 is 40.4. The van der Waals surface area contributed by atoms with Gasteiger partial charge in [-0.15, -0.1) is 11.3 Å². The third-order valence-electron chi connectivity index (χ3n) is 5.69. The molecule has 0 N–H and O–H groups in total. The van der Waals surface area contributed by atoms with E-state index < -0.39 is 17.3 Å². The zero-order valence-corrected chi connectivity index (χ0v) is 18.7. The number of pyridine rings is 1. The first kappa shape index (κ1) is 21.8. The van der Waals surface area contributed by atoms with Crippen molar-refractivity contribution < 1.29 is 13.2 Å². The number of halogens is 4. The zero-order chi connectivity index (χ0) is 23.2. The van der Waals surface area contributed by atoms with Crippen LogP contribution in [-0.2, 0) is 6.18 Å². The summed E-state index contributed by atoms with van der Waals surface area (Å²) >= 11 is 8.07. The highest BCUT2D eigenvalue weighted by atomic mass is 35.5. The van der Waals surface area contributed by atoms with Crippen LogP contribution in [0, 0.1) is 0 Å². The molecule has 0 atom stereocenters. The Morgan fingerprint density at radius 2 is 1.82 bits per heavy atom. The Hall–Kier alpha value is -2.98. The van der Waals surface area contributed by atoms with Gasteiger partial charge >= 0.3 is 6.18 Å². The van der Waals surface area contributed by atoms with Crippen molar-refractivity contribution in [3.8, 4) is 5.82 Å². The molecule has 4 heterocycles. The molecule has 11 heteroatoms. The van der Waals surface area contributed by atoms with Gasteiger partial charge in [0.25, 0.3) is 5.56 Å². The molecule has 0 radical (unpaired) electrons. The quantitative estimate of drug-likeness (QED) is 0.389. The predicted molar refractivity (Wildman–Crippen MR) is 121 cm³/mol. The second-order valence-corrected chi connectivity index (χ2v) is 9.18. The number of aromatic nitrogens is 4. The van der Waals surface area contributed by atoms with Crippen LogP contribution in [0.3, 0.4) is 0 Å². The number of thiazole rings is 1. The molecule has 3 aromatic heterocycles. The molecular weight excluding hydrogens is 475 g/mol. The molecule has 0 spiro atoms. The number of para-hydroxylation sites is 1. The van der Waals surface area contributed by atoms with Crippen LogP contribution in [0.5, 0.6) is 0 Å². The minimum absolute atomic E-state index is 0.0315. The number of piperidine rings is 1. The van der Waals surface area contributed by atoms with Crippen molar-refractivity contribution in [3.05, 3.63) is 74.7 Å². The van der Waals surface area contributed by atoms with Crippen molar-refractivity contribution in [2.24, 2.45) is 0 Å². The van der Waals surface area contributed by atoms with Gasteiger partial charge in [0, 0.05) is 25.2 Å². The Morgan fingerprint density at radius 1 is 1.06 bits per heavy atom. The Balaban J connectivity index is 1.33. The Kier molecular flexibility index (Phi) is 5.57. The van der Waals surface area contributed by atoms with Gasteiger partial charge in [0.15, 0.2) is 5.82 Å². The van der Waals surface area contributed by atoms with E-state index in [4.69, 9.17) is 16.6 Å². The second-order valence-electron chi connectivity index (χ2n) is 7.74. The molecule has 1 saturated heterocycles. The molecule has 170 valence electrons. The van der Waals surface area contributed by atoms with Crippen LogP contribution in [0.25, 0.3) is 16.0 Å². The highest BCUT2D eigenvalue weighted by Gasteiger charge is 2.31. The first-order valence-electron chi connectivity index (χ1n) is 10.2. The SMILES string of the molecule is O=c1c(Cl)c(N2CCC(c3nc4ccccc4s3)CC2)cnn1-c1ccc(C(F)(F)F)cn1. The predicted octanol–water partition coefficient (Wildman–Crippen LogP) is 5.29. The largest absolute Gasteiger partial charge is 0.417 e. The first-order valence-corrected chi connectivity index (χ1v) is 11.4. The maximum absolute atomic E-state index is 12.8. The lowest BCUT2D eigenvalue weighted by molar-refractivity contribution is -0.137. The number of alkyl halides is 3. The standard InChI is InChI=1S/C22H17ClF3N5OS/c23-19-16(12-28-31(21(19)32)18-6-5-14(11-27-18)22(24,25)26)30-9-7-13(8-10-30)20-29-15-3-1-2-4-17(15)33-20/h1-6,11-13H,7-10H2. The summed E-state index contributed by atoms with van der Waals surface area (Å²) in [6.07, 6.45) is -0.665. The Bertz CT molecular complexity index is 1330. The molecule has 0 unspecified atom stereocenters. The fourth-order valence-corrected chi connectivity index (χ4v) is 5.30.